The number of nitrogens with zero attached hydrogens (tertiary/aromatic N) is 1. The minimum Gasteiger partial charge on any atom is -0.478 e. The molecule has 2 N–H and O–H groups in total. The predicted octanol–water partition coefficient (Wildman–Crippen LogP) is 3.63. The van der Waals surface area contributed by atoms with E-state index in [1.807, 2.05) is 6.92 Å². The van der Waals surface area contributed by atoms with E-state index >= 15 is 0 Å². The maximum atomic E-state index is 13.3. The number of carbonyl (C=O) groups is 2. The van der Waals surface area contributed by atoms with Gasteiger partial charge in [0.05, 0.1) is 15.6 Å². The van der Waals surface area contributed by atoms with Gasteiger partial charge in [0.15, 0.2) is 6.10 Å². The molecule has 2 aliphatic rings. The third kappa shape index (κ3) is 4.83. The van der Waals surface area contributed by atoms with Crippen LogP contribution >= 0.6 is 11.6 Å². The molecule has 1 atom stereocenters. The molecule has 1 saturated heterocycles. The fourth-order valence-electron chi connectivity index (χ4n) is 3.88. The summed E-state index contributed by atoms with van der Waals surface area (Å²) >= 11 is 5.75. The van der Waals surface area contributed by atoms with Gasteiger partial charge in [-0.3, -0.25) is 9.59 Å². The summed E-state index contributed by atoms with van der Waals surface area (Å²) < 4.78 is 46.5. The highest BCUT2D eigenvalue weighted by Gasteiger charge is 2.34. The summed E-state index contributed by atoms with van der Waals surface area (Å²) in [6, 6.07) is 8.30. The van der Waals surface area contributed by atoms with E-state index in [1.165, 1.54) is 34.6 Å². The van der Waals surface area contributed by atoms with Gasteiger partial charge in [-0.25, -0.2) is 12.8 Å². The third-order valence-corrected chi connectivity index (χ3v) is 7.98. The molecule has 2 amide bonds. The molecule has 1 unspecified atom stereocenters. The number of ether oxygens (including phenoxy) is 1. The number of anilines is 2. The van der Waals surface area contributed by atoms with Gasteiger partial charge in [-0.15, -0.1) is 0 Å². The number of nitrogens with one attached hydrogen (secondary N) is 2. The molecule has 0 spiro atoms. The van der Waals surface area contributed by atoms with Crippen molar-refractivity contribution in [3.8, 4) is 5.75 Å². The summed E-state index contributed by atoms with van der Waals surface area (Å²) in [6.45, 7) is 2.16. The number of amides is 2. The lowest BCUT2D eigenvalue weighted by Crippen LogP contribution is -2.41. The molecule has 11 heteroatoms. The SMILES string of the molecule is CCC1Oc2ccc(S(=O)(=O)N3CCC(C(=O)Nc4ccc(F)c(Cl)c4)CC3)cc2NC1=O. The van der Waals surface area contributed by atoms with Crippen LogP contribution in [-0.2, 0) is 19.6 Å². The zero-order valence-corrected chi connectivity index (χ0v) is 19.4. The first kappa shape index (κ1) is 23.5. The topological polar surface area (TPSA) is 105 Å². The van der Waals surface area contributed by atoms with Crippen molar-refractivity contribution >= 4 is 44.8 Å². The van der Waals surface area contributed by atoms with Gasteiger partial charge in [-0.1, -0.05) is 18.5 Å². The zero-order valence-electron chi connectivity index (χ0n) is 17.8. The van der Waals surface area contributed by atoms with Gasteiger partial charge in [0.25, 0.3) is 5.91 Å². The van der Waals surface area contributed by atoms with Gasteiger partial charge in [0.2, 0.25) is 15.9 Å². The van der Waals surface area contributed by atoms with Crippen LogP contribution in [0.1, 0.15) is 26.2 Å². The van der Waals surface area contributed by atoms with Gasteiger partial charge >= 0.3 is 0 Å². The number of sulfonamides is 1. The fraction of sp³-hybridized carbons (Fsp3) is 0.364. The van der Waals surface area contributed by atoms with Crippen LogP contribution in [0.15, 0.2) is 41.3 Å². The van der Waals surface area contributed by atoms with Crippen LogP contribution < -0.4 is 15.4 Å². The lowest BCUT2D eigenvalue weighted by atomic mass is 9.97. The Morgan fingerprint density at radius 3 is 2.64 bits per heavy atom. The summed E-state index contributed by atoms with van der Waals surface area (Å²) in [5, 5.41) is 5.30. The number of halogens is 2. The van der Waals surface area contributed by atoms with Crippen LogP contribution in [0.5, 0.6) is 5.75 Å². The van der Waals surface area contributed by atoms with E-state index in [1.54, 1.807) is 6.07 Å². The number of rotatable bonds is 5. The molecule has 0 aromatic heterocycles. The van der Waals surface area contributed by atoms with Crippen LogP contribution in [-0.4, -0.2) is 43.7 Å². The van der Waals surface area contributed by atoms with Crippen LogP contribution in [0, 0.1) is 11.7 Å². The highest BCUT2D eigenvalue weighted by Crippen LogP contribution is 2.34. The molecule has 0 radical (unpaired) electrons. The molecule has 0 saturated carbocycles. The van der Waals surface area contributed by atoms with Gasteiger partial charge in [0.1, 0.15) is 11.6 Å². The number of hydrogen-bond donors (Lipinski definition) is 2. The molecule has 0 aliphatic carbocycles. The quantitative estimate of drug-likeness (QED) is 0.659. The summed E-state index contributed by atoms with van der Waals surface area (Å²) in [5.74, 6) is -1.12. The van der Waals surface area contributed by atoms with Gasteiger partial charge in [-0.05, 0) is 55.7 Å². The Bertz CT molecular complexity index is 1200. The average molecular weight is 496 g/mol. The van der Waals surface area contributed by atoms with E-state index in [0.717, 1.165) is 0 Å². The molecular formula is C22H23ClFN3O5S. The van der Waals surface area contributed by atoms with Crippen molar-refractivity contribution in [2.24, 2.45) is 5.92 Å². The standard InChI is InChI=1S/C22H23ClFN3O5S/c1-2-19-22(29)26-18-12-15(4-6-20(18)32-19)33(30,31)27-9-7-13(8-10-27)21(28)25-14-3-5-17(24)16(23)11-14/h3-6,11-13,19H,2,7-10H2,1H3,(H,25,28)(H,26,29). The van der Waals surface area contributed by atoms with Crippen molar-refractivity contribution in [3.05, 3.63) is 47.2 Å². The molecule has 2 aromatic rings. The maximum absolute atomic E-state index is 13.3. The summed E-state index contributed by atoms with van der Waals surface area (Å²) in [7, 11) is -3.81. The highest BCUT2D eigenvalue weighted by atomic mass is 35.5. The van der Waals surface area contributed by atoms with Crippen LogP contribution in [0.25, 0.3) is 0 Å². The van der Waals surface area contributed by atoms with Crippen LogP contribution in [0.4, 0.5) is 15.8 Å². The zero-order chi connectivity index (χ0) is 23.8. The van der Waals surface area contributed by atoms with Crippen molar-refractivity contribution in [1.29, 1.82) is 0 Å². The van der Waals surface area contributed by atoms with Gasteiger partial charge in [0, 0.05) is 24.7 Å². The second kappa shape index (κ2) is 9.28. The molecule has 33 heavy (non-hydrogen) atoms. The Balaban J connectivity index is 1.41. The average Bonchev–Trinajstić information content (AvgIpc) is 2.80. The van der Waals surface area contributed by atoms with E-state index in [-0.39, 0.29) is 40.7 Å². The van der Waals surface area contributed by atoms with E-state index in [0.29, 0.717) is 36.4 Å². The first-order chi connectivity index (χ1) is 15.7. The van der Waals surface area contributed by atoms with Crippen LogP contribution in [0.3, 0.4) is 0 Å². The first-order valence-electron chi connectivity index (χ1n) is 10.6. The molecule has 2 heterocycles. The Hall–Kier alpha value is -2.69. The molecule has 4 rings (SSSR count). The number of benzene rings is 2. The van der Waals surface area contributed by atoms with Crippen LogP contribution in [0.2, 0.25) is 5.02 Å². The lowest BCUT2D eigenvalue weighted by Gasteiger charge is -2.31. The third-order valence-electron chi connectivity index (χ3n) is 5.79. The smallest absolute Gasteiger partial charge is 0.265 e. The molecule has 0 bridgehead atoms. The minimum absolute atomic E-state index is 0.0453. The van der Waals surface area contributed by atoms with E-state index in [9.17, 15) is 22.4 Å². The number of hydrogen-bond acceptors (Lipinski definition) is 5. The van der Waals surface area contributed by atoms with E-state index in [2.05, 4.69) is 10.6 Å². The summed E-state index contributed by atoms with van der Waals surface area (Å²) in [6.07, 6.45) is 0.574. The molecule has 8 nitrogen and oxygen atoms in total. The van der Waals surface area contributed by atoms with Crippen molar-refractivity contribution in [1.82, 2.24) is 4.31 Å². The second-order valence-electron chi connectivity index (χ2n) is 7.96. The first-order valence-corrected chi connectivity index (χ1v) is 12.4. The fourth-order valence-corrected chi connectivity index (χ4v) is 5.56. The van der Waals surface area contributed by atoms with E-state index in [4.69, 9.17) is 16.3 Å². The monoisotopic (exact) mass is 495 g/mol. The molecule has 2 aliphatic heterocycles. The molecule has 1 fully saturated rings. The summed E-state index contributed by atoms with van der Waals surface area (Å²) in [4.78, 5) is 24.7. The van der Waals surface area contributed by atoms with Gasteiger partial charge in [-0.2, -0.15) is 4.31 Å². The largest absolute Gasteiger partial charge is 0.478 e. The Morgan fingerprint density at radius 1 is 1.24 bits per heavy atom. The van der Waals surface area contributed by atoms with Crippen molar-refractivity contribution in [2.45, 2.75) is 37.2 Å². The lowest BCUT2D eigenvalue weighted by molar-refractivity contribution is -0.123. The van der Waals surface area contributed by atoms with Gasteiger partial charge < -0.3 is 15.4 Å². The number of carbonyl (C=O) groups excluding carboxylic acids is 2. The van der Waals surface area contributed by atoms with Crippen molar-refractivity contribution < 1.29 is 27.1 Å². The molecular weight excluding hydrogens is 473 g/mol. The number of piperidine rings is 1. The predicted molar refractivity (Wildman–Crippen MR) is 121 cm³/mol. The van der Waals surface area contributed by atoms with Crippen molar-refractivity contribution in [2.75, 3.05) is 23.7 Å². The van der Waals surface area contributed by atoms with E-state index < -0.39 is 21.9 Å². The normalized spacial score (nSPS) is 19.4. The maximum Gasteiger partial charge on any atom is 0.265 e. The Labute approximate surface area is 196 Å². The Morgan fingerprint density at radius 2 is 1.97 bits per heavy atom. The number of fused-ring (bicyclic) bond motifs is 1. The Kier molecular flexibility index (Phi) is 6.60. The second-order valence-corrected chi connectivity index (χ2v) is 10.3. The molecule has 2 aromatic carbocycles. The highest BCUT2D eigenvalue weighted by molar-refractivity contribution is 7.89. The minimum atomic E-state index is -3.81. The van der Waals surface area contributed by atoms with Crippen molar-refractivity contribution in [3.63, 3.8) is 0 Å². The molecule has 176 valence electrons. The summed E-state index contributed by atoms with van der Waals surface area (Å²) in [5.41, 5.74) is 0.697.